The van der Waals surface area contributed by atoms with Crippen LogP contribution >= 0.6 is 0 Å². The molecule has 1 heterocycles. The summed E-state index contributed by atoms with van der Waals surface area (Å²) in [5.74, 6) is -0.170. The summed E-state index contributed by atoms with van der Waals surface area (Å²) in [5.41, 5.74) is 0. The first-order chi connectivity index (χ1) is 4.70. The van der Waals surface area contributed by atoms with Gasteiger partial charge in [-0.25, -0.2) is 0 Å². The number of rotatable bonds is 0. The molecule has 1 atom stereocenters. The van der Waals surface area contributed by atoms with Crippen molar-refractivity contribution in [2.75, 3.05) is 13.1 Å². The highest BCUT2D eigenvalue weighted by atomic mass is 16.5. The Morgan fingerprint density at radius 2 is 2.20 bits per heavy atom. The average Bonchev–Trinajstić information content (AvgIpc) is 2.04. The Morgan fingerprint density at radius 3 is 2.90 bits per heavy atom. The van der Waals surface area contributed by atoms with Gasteiger partial charge in [0.15, 0.2) is 5.78 Å². The first-order valence-corrected chi connectivity index (χ1v) is 3.35. The molecule has 0 aromatic rings. The van der Waals surface area contributed by atoms with E-state index in [9.17, 15) is 4.79 Å². The topological polar surface area (TPSA) is 60.8 Å². The number of carbonyl (C=O) groups is 1. The molecule has 0 aromatic carbocycles. The number of ketones is 1. The van der Waals surface area contributed by atoms with Gasteiger partial charge in [0, 0.05) is 19.5 Å². The van der Waals surface area contributed by atoms with E-state index in [4.69, 9.17) is 10.3 Å². The van der Waals surface area contributed by atoms with Gasteiger partial charge in [-0.2, -0.15) is 5.06 Å². The molecule has 1 saturated heterocycles. The molecular weight excluding hydrogens is 134 g/mol. The molecule has 1 aliphatic rings. The van der Waals surface area contributed by atoms with Crippen molar-refractivity contribution in [1.29, 1.82) is 0 Å². The van der Waals surface area contributed by atoms with Crippen LogP contribution < -0.4 is 0 Å². The molecule has 10 heavy (non-hydrogen) atoms. The van der Waals surface area contributed by atoms with Crippen LogP contribution in [0.3, 0.4) is 0 Å². The highest BCUT2D eigenvalue weighted by Gasteiger charge is 2.20. The summed E-state index contributed by atoms with van der Waals surface area (Å²) in [4.78, 5) is 10.8. The third kappa shape index (κ3) is 1.76. The Bertz CT molecular complexity index is 137. The van der Waals surface area contributed by atoms with Crippen molar-refractivity contribution < 1.29 is 15.1 Å². The maximum absolute atomic E-state index is 10.8. The molecule has 2 N–H and O–H groups in total. The van der Waals surface area contributed by atoms with Crippen LogP contribution in [0.4, 0.5) is 0 Å². The van der Waals surface area contributed by atoms with Crippen LogP contribution in [0.2, 0.25) is 0 Å². The molecule has 4 heteroatoms. The van der Waals surface area contributed by atoms with E-state index in [1.165, 1.54) is 0 Å². The number of aliphatic hydroxyl groups is 1. The third-order valence-electron chi connectivity index (χ3n) is 1.65. The fraction of sp³-hybridized carbons (Fsp3) is 0.833. The highest BCUT2D eigenvalue weighted by molar-refractivity contribution is 5.83. The molecule has 0 spiro atoms. The number of hydrogen-bond donors (Lipinski definition) is 2. The van der Waals surface area contributed by atoms with Gasteiger partial charge in [-0.15, -0.1) is 0 Å². The van der Waals surface area contributed by atoms with Crippen LogP contribution in [0.25, 0.3) is 0 Å². The lowest BCUT2D eigenvalue weighted by molar-refractivity contribution is -0.127. The maximum Gasteiger partial charge on any atom is 0.162 e. The molecule has 0 saturated carbocycles. The minimum atomic E-state index is -0.864. The number of Topliss-reactive ketones (excluding diaryl/α,β-unsaturated/α-hetero) is 1. The van der Waals surface area contributed by atoms with Crippen molar-refractivity contribution in [2.45, 2.75) is 18.9 Å². The number of hydroxylamine groups is 2. The van der Waals surface area contributed by atoms with Crippen molar-refractivity contribution >= 4 is 5.78 Å². The van der Waals surface area contributed by atoms with Gasteiger partial charge in [-0.05, 0) is 6.42 Å². The smallest absolute Gasteiger partial charge is 0.162 e. The van der Waals surface area contributed by atoms with Crippen molar-refractivity contribution in [3.8, 4) is 0 Å². The van der Waals surface area contributed by atoms with E-state index in [2.05, 4.69) is 0 Å². The Labute approximate surface area is 59.0 Å². The highest BCUT2D eigenvalue weighted by Crippen LogP contribution is 2.04. The van der Waals surface area contributed by atoms with E-state index in [-0.39, 0.29) is 12.2 Å². The molecule has 4 nitrogen and oxygen atoms in total. The Kier molecular flexibility index (Phi) is 2.37. The summed E-state index contributed by atoms with van der Waals surface area (Å²) >= 11 is 0. The first kappa shape index (κ1) is 7.65. The molecule has 1 aliphatic heterocycles. The zero-order valence-corrected chi connectivity index (χ0v) is 5.66. The molecule has 1 fully saturated rings. The summed E-state index contributed by atoms with van der Waals surface area (Å²) in [5, 5.41) is 18.9. The standard InChI is InChI=1S/C6H11NO3/c8-5-1-3-7(10)4-2-6(5)9/h5,8,10H,1-4H2. The normalized spacial score (nSPS) is 30.2. The van der Waals surface area contributed by atoms with Crippen molar-refractivity contribution in [2.24, 2.45) is 0 Å². The fourth-order valence-corrected chi connectivity index (χ4v) is 0.950. The molecule has 58 valence electrons. The van der Waals surface area contributed by atoms with Crippen LogP contribution in [0.15, 0.2) is 0 Å². The number of nitrogens with zero attached hydrogens (tertiary/aromatic N) is 1. The summed E-state index contributed by atoms with van der Waals surface area (Å²) in [6.45, 7) is 0.725. The lowest BCUT2D eigenvalue weighted by Crippen LogP contribution is -2.20. The van der Waals surface area contributed by atoms with E-state index in [0.29, 0.717) is 19.5 Å². The number of hydrogen-bond acceptors (Lipinski definition) is 4. The summed E-state index contributed by atoms with van der Waals surface area (Å²) < 4.78 is 0. The first-order valence-electron chi connectivity index (χ1n) is 3.35. The van der Waals surface area contributed by atoms with E-state index >= 15 is 0 Å². The second kappa shape index (κ2) is 3.09. The zero-order chi connectivity index (χ0) is 7.56. The predicted molar refractivity (Wildman–Crippen MR) is 33.6 cm³/mol. The molecule has 1 unspecified atom stereocenters. The predicted octanol–water partition coefficient (Wildman–Crippen LogP) is -0.599. The lowest BCUT2D eigenvalue weighted by atomic mass is 10.1. The largest absolute Gasteiger partial charge is 0.385 e. The Balaban J connectivity index is 2.46. The van der Waals surface area contributed by atoms with Gasteiger partial charge in [0.2, 0.25) is 0 Å². The number of aliphatic hydroxyl groups excluding tert-OH is 1. The van der Waals surface area contributed by atoms with Gasteiger partial charge in [-0.1, -0.05) is 0 Å². The van der Waals surface area contributed by atoms with Crippen molar-refractivity contribution in [1.82, 2.24) is 5.06 Å². The van der Waals surface area contributed by atoms with E-state index < -0.39 is 6.10 Å². The van der Waals surface area contributed by atoms with Crippen LogP contribution in [0, 0.1) is 0 Å². The molecule has 0 radical (unpaired) electrons. The monoisotopic (exact) mass is 145 g/mol. The molecule has 0 amide bonds. The van der Waals surface area contributed by atoms with E-state index in [0.717, 1.165) is 5.06 Å². The SMILES string of the molecule is O=C1CCN(O)CCC1O. The van der Waals surface area contributed by atoms with Crippen LogP contribution in [0.1, 0.15) is 12.8 Å². The van der Waals surface area contributed by atoms with Crippen molar-refractivity contribution in [3.05, 3.63) is 0 Å². The molecular formula is C6H11NO3. The molecule has 0 aromatic heterocycles. The quantitative estimate of drug-likeness (QED) is 0.478. The average molecular weight is 145 g/mol. The fourth-order valence-electron chi connectivity index (χ4n) is 0.950. The van der Waals surface area contributed by atoms with E-state index in [1.54, 1.807) is 0 Å². The van der Waals surface area contributed by atoms with Crippen LogP contribution in [-0.2, 0) is 4.79 Å². The van der Waals surface area contributed by atoms with E-state index in [1.807, 2.05) is 0 Å². The van der Waals surface area contributed by atoms with Gasteiger partial charge >= 0.3 is 0 Å². The molecule has 0 aliphatic carbocycles. The Hall–Kier alpha value is -0.450. The summed E-state index contributed by atoms with van der Waals surface area (Å²) in [6, 6.07) is 0. The minimum Gasteiger partial charge on any atom is -0.385 e. The van der Waals surface area contributed by atoms with Gasteiger partial charge in [0.1, 0.15) is 6.10 Å². The maximum atomic E-state index is 10.8. The van der Waals surface area contributed by atoms with Gasteiger partial charge in [-0.3, -0.25) is 4.79 Å². The second-order valence-corrected chi connectivity index (χ2v) is 2.47. The molecule has 1 rings (SSSR count). The number of carbonyl (C=O) groups excluding carboxylic acids is 1. The van der Waals surface area contributed by atoms with Crippen LogP contribution in [-0.4, -0.2) is 40.4 Å². The van der Waals surface area contributed by atoms with Crippen molar-refractivity contribution in [3.63, 3.8) is 0 Å². The van der Waals surface area contributed by atoms with Crippen LogP contribution in [0.5, 0.6) is 0 Å². The van der Waals surface area contributed by atoms with Gasteiger partial charge in [0.25, 0.3) is 0 Å². The van der Waals surface area contributed by atoms with Gasteiger partial charge < -0.3 is 10.3 Å². The summed E-state index contributed by atoms with van der Waals surface area (Å²) in [7, 11) is 0. The lowest BCUT2D eigenvalue weighted by Gasteiger charge is -2.08. The minimum absolute atomic E-state index is 0.170. The summed E-state index contributed by atoms with van der Waals surface area (Å²) in [6.07, 6.45) is -0.273. The van der Waals surface area contributed by atoms with Gasteiger partial charge in [0.05, 0.1) is 0 Å². The third-order valence-corrected chi connectivity index (χ3v) is 1.65. The molecule has 0 bridgehead atoms. The zero-order valence-electron chi connectivity index (χ0n) is 5.66. The second-order valence-electron chi connectivity index (χ2n) is 2.47. The Morgan fingerprint density at radius 1 is 1.50 bits per heavy atom.